The molecule has 8 nitrogen and oxygen atoms in total. The number of carbonyl (C=O) groups excluding carboxylic acids is 1. The molecule has 0 unspecified atom stereocenters. The van der Waals surface area contributed by atoms with Gasteiger partial charge < -0.3 is 9.32 Å². The van der Waals surface area contributed by atoms with E-state index in [-0.39, 0.29) is 11.7 Å². The first-order chi connectivity index (χ1) is 15.6. The number of hydrogen-bond donors (Lipinski definition) is 0. The van der Waals surface area contributed by atoms with Crippen molar-refractivity contribution in [2.45, 2.75) is 38.5 Å². The lowest BCUT2D eigenvalue weighted by atomic mass is 10.00. The maximum absolute atomic E-state index is 13.1. The van der Waals surface area contributed by atoms with Crippen LogP contribution in [0.1, 0.15) is 54.3 Å². The fourth-order valence-corrected chi connectivity index (χ4v) is 3.96. The zero-order valence-electron chi connectivity index (χ0n) is 18.6. The van der Waals surface area contributed by atoms with E-state index >= 15 is 0 Å². The molecular weight excluding hydrogens is 437 g/mol. The van der Waals surface area contributed by atoms with Gasteiger partial charge in [0.25, 0.3) is 5.91 Å². The minimum absolute atomic E-state index is 0.190. The van der Waals surface area contributed by atoms with Crippen LogP contribution in [0.25, 0.3) is 0 Å². The highest BCUT2D eigenvalue weighted by Gasteiger charge is 2.35. The largest absolute Gasteiger partial charge is 0.459 e. The van der Waals surface area contributed by atoms with Crippen LogP contribution in [0.4, 0.5) is 13.2 Å². The molecule has 1 aliphatic heterocycles. The Labute approximate surface area is 189 Å². The topological polar surface area (TPSA) is 80.3 Å². The molecule has 1 saturated heterocycles. The smallest absolute Gasteiger partial charge is 0.416 e. The van der Waals surface area contributed by atoms with Gasteiger partial charge in [0.2, 0.25) is 0 Å². The molecule has 1 aliphatic rings. The van der Waals surface area contributed by atoms with Crippen molar-refractivity contribution in [3.8, 4) is 0 Å². The molecule has 3 aromatic rings. The number of rotatable bonds is 4. The van der Waals surface area contributed by atoms with E-state index in [0.29, 0.717) is 37.6 Å². The van der Waals surface area contributed by atoms with E-state index in [0.717, 1.165) is 12.1 Å². The van der Waals surface area contributed by atoms with E-state index in [1.54, 1.807) is 21.7 Å². The predicted octanol–water partition coefficient (Wildman–Crippen LogP) is 3.59. The number of carbonyl (C=O) groups is 1. The average molecular weight is 462 g/mol. The summed E-state index contributed by atoms with van der Waals surface area (Å²) in [6.07, 6.45) is -2.96. The Morgan fingerprint density at radius 2 is 1.70 bits per heavy atom. The van der Waals surface area contributed by atoms with Gasteiger partial charge in [-0.15, -0.1) is 5.10 Å². The maximum atomic E-state index is 13.1. The van der Waals surface area contributed by atoms with Gasteiger partial charge in [-0.3, -0.25) is 9.69 Å². The van der Waals surface area contributed by atoms with Gasteiger partial charge in [0.1, 0.15) is 0 Å². The fraction of sp³-hybridized carbons (Fsp3) is 0.455. The van der Waals surface area contributed by atoms with Gasteiger partial charge in [-0.05, 0) is 61.0 Å². The molecule has 0 radical (unpaired) electrons. The predicted molar refractivity (Wildman–Crippen MR) is 112 cm³/mol. The van der Waals surface area contributed by atoms with Crippen LogP contribution in [0.5, 0.6) is 0 Å². The van der Waals surface area contributed by atoms with Gasteiger partial charge in [-0.2, -0.15) is 13.2 Å². The summed E-state index contributed by atoms with van der Waals surface area (Å²) in [5.74, 6) is 0.623. The summed E-state index contributed by atoms with van der Waals surface area (Å²) < 4.78 is 46.2. The summed E-state index contributed by atoms with van der Waals surface area (Å²) in [4.78, 5) is 16.4. The van der Waals surface area contributed by atoms with Crippen LogP contribution >= 0.6 is 0 Å². The van der Waals surface area contributed by atoms with E-state index in [4.69, 9.17) is 4.42 Å². The average Bonchev–Trinajstić information content (AvgIpc) is 3.46. The Bertz CT molecular complexity index is 1080. The molecule has 1 fully saturated rings. The number of benzene rings is 1. The molecule has 3 heterocycles. The molecule has 0 N–H and O–H groups in total. The first-order valence-electron chi connectivity index (χ1n) is 10.6. The number of halogens is 3. The molecule has 11 heteroatoms. The van der Waals surface area contributed by atoms with E-state index in [2.05, 4.69) is 20.4 Å². The van der Waals surface area contributed by atoms with Gasteiger partial charge in [0.05, 0.1) is 23.4 Å². The summed E-state index contributed by atoms with van der Waals surface area (Å²) in [6, 6.07) is 7.90. The Balaban J connectivity index is 1.63. The highest BCUT2D eigenvalue weighted by Crippen LogP contribution is 2.34. The van der Waals surface area contributed by atoms with Crippen LogP contribution in [0.2, 0.25) is 0 Å². The molecule has 176 valence electrons. The van der Waals surface area contributed by atoms with E-state index < -0.39 is 23.3 Å². The van der Waals surface area contributed by atoms with Gasteiger partial charge in [0.15, 0.2) is 11.6 Å². The third-order valence-corrected chi connectivity index (χ3v) is 5.63. The Kier molecular flexibility index (Phi) is 6.00. The monoisotopic (exact) mass is 462 g/mol. The molecule has 0 aliphatic carbocycles. The van der Waals surface area contributed by atoms with Crippen LogP contribution in [0.15, 0.2) is 47.1 Å². The van der Waals surface area contributed by atoms with Gasteiger partial charge in [0, 0.05) is 26.2 Å². The number of amides is 1. The summed E-state index contributed by atoms with van der Waals surface area (Å²) in [6.45, 7) is 7.73. The van der Waals surface area contributed by atoms with E-state index in [1.807, 2.05) is 20.8 Å². The molecule has 0 saturated carbocycles. The minimum Gasteiger partial charge on any atom is -0.459 e. The summed E-state index contributed by atoms with van der Waals surface area (Å²) in [7, 11) is 0. The van der Waals surface area contributed by atoms with Gasteiger partial charge in [-0.25, -0.2) is 4.68 Å². The van der Waals surface area contributed by atoms with Crippen molar-refractivity contribution >= 4 is 5.91 Å². The second-order valence-corrected chi connectivity index (χ2v) is 8.95. The third-order valence-electron chi connectivity index (χ3n) is 5.63. The van der Waals surface area contributed by atoms with E-state index in [9.17, 15) is 18.0 Å². The number of furan rings is 1. The molecule has 33 heavy (non-hydrogen) atoms. The number of nitrogens with zero attached hydrogens (tertiary/aromatic N) is 6. The molecule has 1 atom stereocenters. The first kappa shape index (κ1) is 23.0. The normalized spacial score (nSPS) is 16.7. The second-order valence-electron chi connectivity index (χ2n) is 8.95. The zero-order chi connectivity index (χ0) is 23.8. The van der Waals surface area contributed by atoms with Crippen molar-refractivity contribution in [3.05, 3.63) is 65.4 Å². The lowest BCUT2D eigenvalue weighted by Crippen LogP contribution is -2.50. The lowest BCUT2D eigenvalue weighted by Gasteiger charge is -2.39. The Morgan fingerprint density at radius 3 is 2.24 bits per heavy atom. The summed E-state index contributed by atoms with van der Waals surface area (Å²) in [5, 5.41) is 12.2. The molecular formula is C22H25F3N6O2. The minimum atomic E-state index is -4.42. The van der Waals surface area contributed by atoms with Crippen LogP contribution < -0.4 is 0 Å². The molecule has 0 bridgehead atoms. The van der Waals surface area contributed by atoms with Gasteiger partial charge >= 0.3 is 6.18 Å². The quantitative estimate of drug-likeness (QED) is 0.590. The SMILES string of the molecule is CC(C)(C)n1nnnc1[C@@H](c1ccc(C(F)(F)F)cc1)N1CCN(C(=O)c2ccco2)CC1. The van der Waals surface area contributed by atoms with Crippen LogP contribution in [-0.4, -0.2) is 62.1 Å². The highest BCUT2D eigenvalue weighted by atomic mass is 19.4. The number of tetrazole rings is 1. The molecule has 4 rings (SSSR count). The molecule has 1 amide bonds. The fourth-order valence-electron chi connectivity index (χ4n) is 3.96. The number of alkyl halides is 3. The molecule has 2 aromatic heterocycles. The standard InChI is InChI=1S/C22H25F3N6O2/c1-21(2,3)31-19(26-27-28-31)18(15-6-8-16(9-7-15)22(23,24)25)29-10-12-30(13-11-29)20(32)17-5-4-14-33-17/h4-9,14,18H,10-13H2,1-3H3/t18-/m1/s1. The Morgan fingerprint density at radius 1 is 1.03 bits per heavy atom. The Hall–Kier alpha value is -3.21. The van der Waals surface area contributed by atoms with Crippen molar-refractivity contribution < 1.29 is 22.4 Å². The molecule has 1 aromatic carbocycles. The van der Waals surface area contributed by atoms with Crippen LogP contribution in [0.3, 0.4) is 0 Å². The van der Waals surface area contributed by atoms with Gasteiger partial charge in [-0.1, -0.05) is 12.1 Å². The van der Waals surface area contributed by atoms with Crippen molar-refractivity contribution in [2.75, 3.05) is 26.2 Å². The van der Waals surface area contributed by atoms with Crippen molar-refractivity contribution in [1.29, 1.82) is 0 Å². The second kappa shape index (κ2) is 8.62. The van der Waals surface area contributed by atoms with Crippen molar-refractivity contribution in [3.63, 3.8) is 0 Å². The summed E-state index contributed by atoms with van der Waals surface area (Å²) in [5.41, 5.74) is -0.497. The number of aromatic nitrogens is 4. The molecule has 0 spiro atoms. The van der Waals surface area contributed by atoms with Crippen molar-refractivity contribution in [1.82, 2.24) is 30.0 Å². The van der Waals surface area contributed by atoms with E-state index in [1.165, 1.54) is 18.4 Å². The summed E-state index contributed by atoms with van der Waals surface area (Å²) >= 11 is 0. The number of hydrogen-bond acceptors (Lipinski definition) is 6. The maximum Gasteiger partial charge on any atom is 0.416 e. The van der Waals surface area contributed by atoms with Crippen molar-refractivity contribution in [2.24, 2.45) is 0 Å². The highest BCUT2D eigenvalue weighted by molar-refractivity contribution is 5.91. The third kappa shape index (κ3) is 4.77. The van der Waals surface area contributed by atoms with Crippen LogP contribution in [-0.2, 0) is 11.7 Å². The first-order valence-corrected chi connectivity index (χ1v) is 10.6. The number of piperazine rings is 1. The lowest BCUT2D eigenvalue weighted by molar-refractivity contribution is -0.137. The zero-order valence-corrected chi connectivity index (χ0v) is 18.6. The van der Waals surface area contributed by atoms with Crippen LogP contribution in [0, 0.1) is 0 Å².